The molecule has 3 nitrogen and oxygen atoms in total. The first-order valence-corrected chi connectivity index (χ1v) is 9.81. The van der Waals surface area contributed by atoms with E-state index in [1.807, 2.05) is 30.3 Å². The van der Waals surface area contributed by atoms with Gasteiger partial charge in [-0.25, -0.2) is 0 Å². The number of carbonyl (C=O) groups excluding carboxylic acids is 1. The van der Waals surface area contributed by atoms with E-state index in [2.05, 4.69) is 48.7 Å². The van der Waals surface area contributed by atoms with Crippen molar-refractivity contribution >= 4 is 11.6 Å². The molecule has 2 aromatic carbocycles. The molecule has 140 valence electrons. The van der Waals surface area contributed by atoms with E-state index in [4.69, 9.17) is 0 Å². The van der Waals surface area contributed by atoms with Crippen LogP contribution in [-0.2, 0) is 17.6 Å². The van der Waals surface area contributed by atoms with Gasteiger partial charge in [-0.3, -0.25) is 4.79 Å². The molecule has 2 N–H and O–H groups in total. The molecule has 26 heavy (non-hydrogen) atoms. The first-order chi connectivity index (χ1) is 12.7. The number of benzene rings is 2. The molecule has 2 aromatic rings. The van der Waals surface area contributed by atoms with Crippen LogP contribution in [0.4, 0.5) is 5.69 Å². The minimum atomic E-state index is 0.0946. The molecular weight excluding hydrogens is 320 g/mol. The van der Waals surface area contributed by atoms with Crippen molar-refractivity contribution in [2.75, 3.05) is 18.4 Å². The Morgan fingerprint density at radius 3 is 2.27 bits per heavy atom. The summed E-state index contributed by atoms with van der Waals surface area (Å²) in [7, 11) is 0. The second kappa shape index (κ2) is 11.5. The summed E-state index contributed by atoms with van der Waals surface area (Å²) in [6, 6.07) is 18.4. The number of nitrogens with one attached hydrogen (secondary N) is 2. The monoisotopic (exact) mass is 352 g/mol. The summed E-state index contributed by atoms with van der Waals surface area (Å²) < 4.78 is 0. The SMILES string of the molecule is CCCc1ccccc1CCNCCC(C)CC(=O)Nc1ccccc1. The molecule has 0 fully saturated rings. The highest BCUT2D eigenvalue weighted by Crippen LogP contribution is 2.12. The number of rotatable bonds is 11. The Morgan fingerprint density at radius 1 is 0.923 bits per heavy atom. The van der Waals surface area contributed by atoms with Gasteiger partial charge in [-0.05, 0) is 61.5 Å². The van der Waals surface area contributed by atoms with Gasteiger partial charge in [0.2, 0.25) is 5.91 Å². The third-order valence-electron chi connectivity index (χ3n) is 4.61. The molecule has 0 bridgehead atoms. The van der Waals surface area contributed by atoms with Crippen LogP contribution in [-0.4, -0.2) is 19.0 Å². The molecule has 1 unspecified atom stereocenters. The zero-order valence-electron chi connectivity index (χ0n) is 16.1. The zero-order valence-corrected chi connectivity index (χ0v) is 16.1. The fourth-order valence-corrected chi connectivity index (χ4v) is 3.16. The number of amides is 1. The van der Waals surface area contributed by atoms with E-state index in [9.17, 15) is 4.79 Å². The third kappa shape index (κ3) is 7.40. The quantitative estimate of drug-likeness (QED) is 0.569. The van der Waals surface area contributed by atoms with Crippen molar-refractivity contribution in [3.05, 3.63) is 65.7 Å². The number of para-hydroxylation sites is 1. The molecule has 0 aliphatic heterocycles. The lowest BCUT2D eigenvalue weighted by atomic mass is 10.0. The molecule has 0 heterocycles. The van der Waals surface area contributed by atoms with Crippen LogP contribution in [0.1, 0.15) is 44.2 Å². The predicted octanol–water partition coefficient (Wildman–Crippen LogP) is 4.83. The van der Waals surface area contributed by atoms with Gasteiger partial charge in [0.1, 0.15) is 0 Å². The van der Waals surface area contributed by atoms with E-state index in [0.29, 0.717) is 12.3 Å². The largest absolute Gasteiger partial charge is 0.326 e. The maximum Gasteiger partial charge on any atom is 0.224 e. The Morgan fingerprint density at radius 2 is 1.58 bits per heavy atom. The average Bonchev–Trinajstić information content (AvgIpc) is 2.63. The standard InChI is InChI=1S/C23H32N2O/c1-3-9-20-10-7-8-11-21(20)15-17-24-16-14-19(2)18-23(26)25-22-12-5-4-6-13-22/h4-8,10-13,19,24H,3,9,14-18H2,1-2H3,(H,25,26). The van der Waals surface area contributed by atoms with E-state index in [0.717, 1.165) is 38.0 Å². The van der Waals surface area contributed by atoms with Crippen molar-refractivity contribution in [3.63, 3.8) is 0 Å². The van der Waals surface area contributed by atoms with Crippen LogP contribution < -0.4 is 10.6 Å². The number of carbonyl (C=O) groups is 1. The summed E-state index contributed by atoms with van der Waals surface area (Å²) in [5, 5.41) is 6.48. The van der Waals surface area contributed by atoms with Gasteiger partial charge in [0, 0.05) is 12.1 Å². The topological polar surface area (TPSA) is 41.1 Å². The molecule has 1 atom stereocenters. The van der Waals surface area contributed by atoms with E-state index in [-0.39, 0.29) is 5.91 Å². The molecule has 0 spiro atoms. The Labute approximate surface area is 158 Å². The summed E-state index contributed by atoms with van der Waals surface area (Å²) in [5.74, 6) is 0.468. The molecule has 2 rings (SSSR count). The summed E-state index contributed by atoms with van der Waals surface area (Å²) in [5.41, 5.74) is 3.80. The van der Waals surface area contributed by atoms with Crippen LogP contribution in [0.25, 0.3) is 0 Å². The van der Waals surface area contributed by atoms with Crippen LogP contribution in [0.15, 0.2) is 54.6 Å². The second-order valence-electron chi connectivity index (χ2n) is 7.03. The minimum absolute atomic E-state index is 0.0946. The van der Waals surface area contributed by atoms with Crippen molar-refractivity contribution in [1.29, 1.82) is 0 Å². The average molecular weight is 353 g/mol. The van der Waals surface area contributed by atoms with E-state index < -0.39 is 0 Å². The highest BCUT2D eigenvalue weighted by molar-refractivity contribution is 5.90. The smallest absolute Gasteiger partial charge is 0.224 e. The molecular formula is C23H32N2O. The molecule has 3 heteroatoms. The van der Waals surface area contributed by atoms with E-state index >= 15 is 0 Å². The molecule has 0 aliphatic rings. The Kier molecular flexibility index (Phi) is 8.91. The van der Waals surface area contributed by atoms with Gasteiger partial charge in [-0.1, -0.05) is 62.7 Å². The number of hydrogen-bond donors (Lipinski definition) is 2. The fraction of sp³-hybridized carbons (Fsp3) is 0.435. The molecule has 0 saturated carbocycles. The van der Waals surface area contributed by atoms with Crippen LogP contribution in [0.3, 0.4) is 0 Å². The van der Waals surface area contributed by atoms with Gasteiger partial charge >= 0.3 is 0 Å². The van der Waals surface area contributed by atoms with Gasteiger partial charge in [-0.15, -0.1) is 0 Å². The highest BCUT2D eigenvalue weighted by Gasteiger charge is 2.09. The van der Waals surface area contributed by atoms with Crippen molar-refractivity contribution in [3.8, 4) is 0 Å². The summed E-state index contributed by atoms with van der Waals surface area (Å²) >= 11 is 0. The molecule has 1 amide bonds. The van der Waals surface area contributed by atoms with Gasteiger partial charge in [0.25, 0.3) is 0 Å². The molecule has 0 radical (unpaired) electrons. The maximum atomic E-state index is 12.1. The van der Waals surface area contributed by atoms with Crippen molar-refractivity contribution in [1.82, 2.24) is 5.32 Å². The fourth-order valence-electron chi connectivity index (χ4n) is 3.16. The van der Waals surface area contributed by atoms with E-state index in [1.54, 1.807) is 0 Å². The Balaban J connectivity index is 1.61. The molecule has 0 aromatic heterocycles. The van der Waals surface area contributed by atoms with E-state index in [1.165, 1.54) is 17.5 Å². The van der Waals surface area contributed by atoms with Crippen LogP contribution in [0.2, 0.25) is 0 Å². The summed E-state index contributed by atoms with van der Waals surface area (Å²) in [6.45, 7) is 6.31. The highest BCUT2D eigenvalue weighted by atomic mass is 16.1. The first kappa shape index (κ1) is 20.2. The number of aryl methyl sites for hydroxylation is 1. The summed E-state index contributed by atoms with van der Waals surface area (Å²) in [6.07, 6.45) is 4.99. The number of anilines is 1. The third-order valence-corrected chi connectivity index (χ3v) is 4.61. The normalized spacial score (nSPS) is 11.9. The van der Waals surface area contributed by atoms with Crippen LogP contribution in [0.5, 0.6) is 0 Å². The lowest BCUT2D eigenvalue weighted by molar-refractivity contribution is -0.117. The molecule has 0 saturated heterocycles. The Hall–Kier alpha value is -2.13. The van der Waals surface area contributed by atoms with Crippen LogP contribution >= 0.6 is 0 Å². The Bertz CT molecular complexity index is 654. The first-order valence-electron chi connectivity index (χ1n) is 9.81. The van der Waals surface area contributed by atoms with Gasteiger partial charge in [-0.2, -0.15) is 0 Å². The number of hydrogen-bond acceptors (Lipinski definition) is 2. The zero-order chi connectivity index (χ0) is 18.6. The predicted molar refractivity (Wildman–Crippen MR) is 110 cm³/mol. The maximum absolute atomic E-state index is 12.1. The minimum Gasteiger partial charge on any atom is -0.326 e. The van der Waals surface area contributed by atoms with Gasteiger partial charge in [0.15, 0.2) is 0 Å². The van der Waals surface area contributed by atoms with Crippen LogP contribution in [0, 0.1) is 5.92 Å². The van der Waals surface area contributed by atoms with Crippen molar-refractivity contribution in [2.45, 2.75) is 46.0 Å². The molecule has 0 aliphatic carbocycles. The van der Waals surface area contributed by atoms with Gasteiger partial charge in [0.05, 0.1) is 0 Å². The van der Waals surface area contributed by atoms with Crippen molar-refractivity contribution in [2.24, 2.45) is 5.92 Å². The van der Waals surface area contributed by atoms with Crippen molar-refractivity contribution < 1.29 is 4.79 Å². The van der Waals surface area contributed by atoms with Gasteiger partial charge < -0.3 is 10.6 Å². The second-order valence-corrected chi connectivity index (χ2v) is 7.03. The summed E-state index contributed by atoms with van der Waals surface area (Å²) in [4.78, 5) is 12.1. The lowest BCUT2D eigenvalue weighted by Crippen LogP contribution is -2.22. The lowest BCUT2D eigenvalue weighted by Gasteiger charge is -2.13.